The minimum absolute atomic E-state index is 0.186. The van der Waals surface area contributed by atoms with Crippen LogP contribution in [0.15, 0.2) is 66.0 Å². The number of cyclic esters (lactones) is 1. The van der Waals surface area contributed by atoms with E-state index in [9.17, 15) is 14.4 Å². The third-order valence-electron chi connectivity index (χ3n) is 4.33. The van der Waals surface area contributed by atoms with Gasteiger partial charge in [0, 0.05) is 22.6 Å². The van der Waals surface area contributed by atoms with Crippen LogP contribution in [0.2, 0.25) is 0 Å². The number of hydrogen-bond acceptors (Lipinski definition) is 5. The Morgan fingerprint density at radius 1 is 0.931 bits per heavy atom. The molecule has 0 bridgehead atoms. The van der Waals surface area contributed by atoms with Gasteiger partial charge in [0.15, 0.2) is 0 Å². The van der Waals surface area contributed by atoms with E-state index in [1.807, 2.05) is 11.4 Å². The number of thiophene rings is 1. The highest BCUT2D eigenvalue weighted by Gasteiger charge is 2.23. The highest BCUT2D eigenvalue weighted by atomic mass is 32.1. The first kappa shape index (κ1) is 18.7. The second-order valence-electron chi connectivity index (χ2n) is 6.28. The standard InChI is InChI=1S/C21H17N3O4S/c25-19(23-16-3-1-4-17(13-16)24-10-11-28-21(24)27)14-6-8-15(9-7-14)22-20(26)18-5-2-12-29-18/h1-9,12-13H,10-11H2,(H,22,26)(H,23,25). The van der Waals surface area contributed by atoms with E-state index in [-0.39, 0.29) is 11.8 Å². The fraction of sp³-hybridized carbons (Fsp3) is 0.0952. The molecule has 146 valence electrons. The van der Waals surface area contributed by atoms with Gasteiger partial charge in [-0.15, -0.1) is 11.3 Å². The second kappa shape index (κ2) is 8.15. The minimum atomic E-state index is -0.395. The summed E-state index contributed by atoms with van der Waals surface area (Å²) in [7, 11) is 0. The molecule has 0 spiro atoms. The van der Waals surface area contributed by atoms with E-state index in [1.54, 1.807) is 54.6 Å². The minimum Gasteiger partial charge on any atom is -0.447 e. The molecule has 0 unspecified atom stereocenters. The van der Waals surface area contributed by atoms with Gasteiger partial charge in [0.05, 0.1) is 11.4 Å². The number of rotatable bonds is 5. The number of carbonyl (C=O) groups excluding carboxylic acids is 3. The first-order valence-electron chi connectivity index (χ1n) is 8.91. The lowest BCUT2D eigenvalue weighted by Gasteiger charge is -2.14. The quantitative estimate of drug-likeness (QED) is 0.663. The Labute approximate surface area is 170 Å². The Bertz CT molecular complexity index is 1050. The second-order valence-corrected chi connectivity index (χ2v) is 7.23. The summed E-state index contributed by atoms with van der Waals surface area (Å²) in [5.74, 6) is -0.475. The molecule has 0 atom stereocenters. The smallest absolute Gasteiger partial charge is 0.414 e. The summed E-state index contributed by atoms with van der Waals surface area (Å²) in [5, 5.41) is 7.45. The van der Waals surface area contributed by atoms with Crippen LogP contribution in [-0.4, -0.2) is 31.1 Å². The van der Waals surface area contributed by atoms with Crippen LogP contribution in [0.5, 0.6) is 0 Å². The summed E-state index contributed by atoms with van der Waals surface area (Å²) >= 11 is 1.36. The van der Waals surface area contributed by atoms with Crippen LogP contribution >= 0.6 is 11.3 Å². The van der Waals surface area contributed by atoms with Crippen LogP contribution < -0.4 is 15.5 Å². The van der Waals surface area contributed by atoms with Crippen molar-refractivity contribution >= 4 is 46.3 Å². The summed E-state index contributed by atoms with van der Waals surface area (Å²) < 4.78 is 4.94. The molecule has 0 saturated carbocycles. The molecule has 0 aliphatic carbocycles. The zero-order chi connectivity index (χ0) is 20.2. The Balaban J connectivity index is 1.41. The maximum atomic E-state index is 12.5. The molecule has 7 nitrogen and oxygen atoms in total. The van der Waals surface area contributed by atoms with Crippen LogP contribution in [0.3, 0.4) is 0 Å². The Hall–Kier alpha value is -3.65. The monoisotopic (exact) mass is 407 g/mol. The van der Waals surface area contributed by atoms with Gasteiger partial charge in [0.2, 0.25) is 0 Å². The van der Waals surface area contributed by atoms with Gasteiger partial charge >= 0.3 is 6.09 Å². The molecule has 3 aromatic rings. The van der Waals surface area contributed by atoms with Crippen molar-refractivity contribution in [1.29, 1.82) is 0 Å². The van der Waals surface area contributed by atoms with Gasteiger partial charge in [-0.2, -0.15) is 0 Å². The lowest BCUT2D eigenvalue weighted by molar-refractivity contribution is 0.102. The summed E-state index contributed by atoms with van der Waals surface area (Å²) in [6.07, 6.45) is -0.395. The van der Waals surface area contributed by atoms with Gasteiger partial charge in [-0.25, -0.2) is 4.79 Å². The maximum absolute atomic E-state index is 12.5. The third kappa shape index (κ3) is 4.27. The number of carbonyl (C=O) groups is 3. The zero-order valence-corrected chi connectivity index (χ0v) is 16.1. The SMILES string of the molecule is O=C(Nc1cccc(N2CCOC2=O)c1)c1ccc(NC(=O)c2cccs2)cc1. The van der Waals surface area contributed by atoms with E-state index in [0.717, 1.165) is 0 Å². The molecule has 2 aromatic carbocycles. The lowest BCUT2D eigenvalue weighted by Crippen LogP contribution is -2.23. The van der Waals surface area contributed by atoms with Crippen molar-refractivity contribution in [2.75, 3.05) is 28.7 Å². The predicted octanol–water partition coefficient (Wildman–Crippen LogP) is 4.21. The number of benzene rings is 2. The van der Waals surface area contributed by atoms with Crippen LogP contribution in [0, 0.1) is 0 Å². The largest absolute Gasteiger partial charge is 0.447 e. The molecule has 1 fully saturated rings. The number of nitrogens with zero attached hydrogens (tertiary/aromatic N) is 1. The van der Waals surface area contributed by atoms with Gasteiger partial charge in [0.1, 0.15) is 6.61 Å². The van der Waals surface area contributed by atoms with Crippen molar-refractivity contribution in [2.45, 2.75) is 0 Å². The van der Waals surface area contributed by atoms with Crippen molar-refractivity contribution in [3.05, 3.63) is 76.5 Å². The zero-order valence-electron chi connectivity index (χ0n) is 15.3. The van der Waals surface area contributed by atoms with Gasteiger partial charge in [-0.1, -0.05) is 12.1 Å². The molecule has 1 saturated heterocycles. The average Bonchev–Trinajstić information content (AvgIpc) is 3.40. The van der Waals surface area contributed by atoms with Crippen molar-refractivity contribution in [2.24, 2.45) is 0 Å². The number of ether oxygens (including phenoxy) is 1. The molecule has 3 amide bonds. The molecule has 1 aliphatic rings. The van der Waals surface area contributed by atoms with E-state index >= 15 is 0 Å². The Morgan fingerprint density at radius 3 is 2.41 bits per heavy atom. The van der Waals surface area contributed by atoms with Crippen molar-refractivity contribution in [3.63, 3.8) is 0 Å². The predicted molar refractivity (Wildman–Crippen MR) is 112 cm³/mol. The molecular formula is C21H17N3O4S. The summed E-state index contributed by atoms with van der Waals surface area (Å²) in [5.41, 5.74) is 2.29. The lowest BCUT2D eigenvalue weighted by atomic mass is 10.2. The van der Waals surface area contributed by atoms with E-state index in [0.29, 0.717) is 40.7 Å². The third-order valence-corrected chi connectivity index (χ3v) is 5.20. The molecule has 29 heavy (non-hydrogen) atoms. The van der Waals surface area contributed by atoms with Crippen LogP contribution in [0.4, 0.5) is 21.9 Å². The van der Waals surface area contributed by atoms with Gasteiger partial charge < -0.3 is 15.4 Å². The fourth-order valence-corrected chi connectivity index (χ4v) is 3.51. The topological polar surface area (TPSA) is 87.7 Å². The van der Waals surface area contributed by atoms with Crippen LogP contribution in [0.25, 0.3) is 0 Å². The molecule has 0 radical (unpaired) electrons. The number of anilines is 3. The molecule has 1 aromatic heterocycles. The summed E-state index contributed by atoms with van der Waals surface area (Å²) in [4.78, 5) is 38.4. The van der Waals surface area contributed by atoms with Crippen molar-refractivity contribution in [3.8, 4) is 0 Å². The maximum Gasteiger partial charge on any atom is 0.414 e. The van der Waals surface area contributed by atoms with Crippen LogP contribution in [-0.2, 0) is 4.74 Å². The molecule has 2 N–H and O–H groups in total. The van der Waals surface area contributed by atoms with Gasteiger partial charge in [-0.05, 0) is 53.9 Å². The normalized spacial score (nSPS) is 13.1. The Morgan fingerprint density at radius 2 is 1.72 bits per heavy atom. The van der Waals surface area contributed by atoms with Gasteiger partial charge in [0.25, 0.3) is 11.8 Å². The highest BCUT2D eigenvalue weighted by Crippen LogP contribution is 2.23. The first-order valence-corrected chi connectivity index (χ1v) is 9.79. The van der Waals surface area contributed by atoms with Crippen molar-refractivity contribution in [1.82, 2.24) is 0 Å². The van der Waals surface area contributed by atoms with E-state index < -0.39 is 6.09 Å². The average molecular weight is 407 g/mol. The van der Waals surface area contributed by atoms with E-state index in [4.69, 9.17) is 4.74 Å². The van der Waals surface area contributed by atoms with Crippen molar-refractivity contribution < 1.29 is 19.1 Å². The summed E-state index contributed by atoms with van der Waals surface area (Å²) in [6, 6.07) is 17.2. The van der Waals surface area contributed by atoms with Gasteiger partial charge in [-0.3, -0.25) is 14.5 Å². The number of amides is 3. The molecular weight excluding hydrogens is 390 g/mol. The molecule has 4 rings (SSSR count). The van der Waals surface area contributed by atoms with E-state index in [1.165, 1.54) is 16.2 Å². The summed E-state index contributed by atoms with van der Waals surface area (Å²) in [6.45, 7) is 0.833. The first-order chi connectivity index (χ1) is 14.1. The molecule has 8 heteroatoms. The number of hydrogen-bond donors (Lipinski definition) is 2. The van der Waals surface area contributed by atoms with E-state index in [2.05, 4.69) is 10.6 Å². The molecule has 1 aliphatic heterocycles. The highest BCUT2D eigenvalue weighted by molar-refractivity contribution is 7.12. The number of nitrogens with one attached hydrogen (secondary N) is 2. The molecule has 2 heterocycles. The Kier molecular flexibility index (Phi) is 5.26. The van der Waals surface area contributed by atoms with Crippen LogP contribution in [0.1, 0.15) is 20.0 Å². The fourth-order valence-electron chi connectivity index (χ4n) is 2.89.